The molecule has 3 heteroatoms. The molecule has 0 aliphatic carbocycles. The maximum absolute atomic E-state index is 12.1. The van der Waals surface area contributed by atoms with Crippen molar-refractivity contribution >= 4 is 17.5 Å². The monoisotopic (exact) mass is 278 g/mol. The molecule has 0 bridgehead atoms. The van der Waals surface area contributed by atoms with Crippen molar-refractivity contribution in [3.63, 3.8) is 0 Å². The lowest BCUT2D eigenvalue weighted by atomic mass is 9.90. The third-order valence-corrected chi connectivity index (χ3v) is 4.75. The van der Waals surface area contributed by atoms with Gasteiger partial charge in [0, 0.05) is 17.8 Å². The van der Waals surface area contributed by atoms with Crippen LogP contribution in [0.3, 0.4) is 0 Å². The molecular formula is C16H22O2S. The quantitative estimate of drug-likeness (QED) is 0.743. The molecule has 19 heavy (non-hydrogen) atoms. The minimum absolute atomic E-state index is 0.0715. The largest absolute Gasteiger partial charge is 0.380 e. The molecule has 2 atom stereocenters. The van der Waals surface area contributed by atoms with E-state index in [0.29, 0.717) is 16.8 Å². The Morgan fingerprint density at radius 3 is 2.84 bits per heavy atom. The van der Waals surface area contributed by atoms with Crippen molar-refractivity contribution in [2.24, 2.45) is 0 Å². The summed E-state index contributed by atoms with van der Waals surface area (Å²) < 4.78 is 5.70. The van der Waals surface area contributed by atoms with E-state index in [2.05, 4.69) is 19.1 Å². The molecule has 2 nitrogen and oxygen atoms in total. The fourth-order valence-electron chi connectivity index (χ4n) is 2.35. The predicted molar refractivity (Wildman–Crippen MR) is 80.8 cm³/mol. The molecule has 0 N–H and O–H groups in total. The molecule has 1 aliphatic heterocycles. The SMILES string of the molecule is CCCCOC[C@@H]1C[C@H](c2ccccc2)C(=O)CS1. The lowest BCUT2D eigenvalue weighted by molar-refractivity contribution is -0.118. The van der Waals surface area contributed by atoms with Crippen molar-refractivity contribution in [2.45, 2.75) is 37.4 Å². The average Bonchev–Trinajstić information content (AvgIpc) is 2.46. The summed E-state index contributed by atoms with van der Waals surface area (Å²) in [5.74, 6) is 1.06. The zero-order valence-electron chi connectivity index (χ0n) is 11.5. The van der Waals surface area contributed by atoms with Gasteiger partial charge in [0.1, 0.15) is 5.78 Å². The zero-order chi connectivity index (χ0) is 13.5. The summed E-state index contributed by atoms with van der Waals surface area (Å²) in [6.45, 7) is 3.79. The minimum Gasteiger partial charge on any atom is -0.380 e. The third kappa shape index (κ3) is 4.36. The molecule has 1 aromatic rings. The first-order valence-electron chi connectivity index (χ1n) is 7.08. The van der Waals surface area contributed by atoms with E-state index in [1.807, 2.05) is 18.2 Å². The fraction of sp³-hybridized carbons (Fsp3) is 0.562. The van der Waals surface area contributed by atoms with Gasteiger partial charge in [0.25, 0.3) is 0 Å². The number of rotatable bonds is 6. The van der Waals surface area contributed by atoms with Crippen molar-refractivity contribution in [3.8, 4) is 0 Å². The van der Waals surface area contributed by atoms with Crippen molar-refractivity contribution in [1.29, 1.82) is 0 Å². The highest BCUT2D eigenvalue weighted by atomic mass is 32.2. The molecule has 0 amide bonds. The highest BCUT2D eigenvalue weighted by Gasteiger charge is 2.30. The number of Topliss-reactive ketones (excluding diaryl/α,β-unsaturated/α-hetero) is 1. The number of carbonyl (C=O) groups is 1. The van der Waals surface area contributed by atoms with E-state index >= 15 is 0 Å². The van der Waals surface area contributed by atoms with Crippen LogP contribution in [0.25, 0.3) is 0 Å². The maximum Gasteiger partial charge on any atom is 0.150 e. The number of unbranched alkanes of at least 4 members (excludes halogenated alkanes) is 1. The van der Waals surface area contributed by atoms with E-state index in [-0.39, 0.29) is 5.92 Å². The van der Waals surface area contributed by atoms with Gasteiger partial charge in [-0.25, -0.2) is 0 Å². The molecule has 2 rings (SSSR count). The van der Waals surface area contributed by atoms with Gasteiger partial charge >= 0.3 is 0 Å². The first-order chi connectivity index (χ1) is 9.31. The lowest BCUT2D eigenvalue weighted by Crippen LogP contribution is -2.29. The Morgan fingerprint density at radius 2 is 2.11 bits per heavy atom. The summed E-state index contributed by atoms with van der Waals surface area (Å²) in [6, 6.07) is 10.1. The van der Waals surface area contributed by atoms with Crippen LogP contribution in [-0.2, 0) is 9.53 Å². The predicted octanol–water partition coefficient (Wildman–Crippen LogP) is 3.66. The molecule has 0 saturated carbocycles. The van der Waals surface area contributed by atoms with Crippen LogP contribution in [0.1, 0.15) is 37.7 Å². The molecule has 0 unspecified atom stereocenters. The fourth-order valence-corrected chi connectivity index (χ4v) is 3.47. The van der Waals surface area contributed by atoms with E-state index < -0.39 is 0 Å². The summed E-state index contributed by atoms with van der Waals surface area (Å²) in [5.41, 5.74) is 1.16. The second kappa shape index (κ2) is 7.71. The molecule has 1 fully saturated rings. The van der Waals surface area contributed by atoms with E-state index in [1.165, 1.54) is 6.42 Å². The zero-order valence-corrected chi connectivity index (χ0v) is 12.3. The Balaban J connectivity index is 1.88. The number of ether oxygens (including phenoxy) is 1. The van der Waals surface area contributed by atoms with Crippen molar-refractivity contribution < 1.29 is 9.53 Å². The Morgan fingerprint density at radius 1 is 1.32 bits per heavy atom. The van der Waals surface area contributed by atoms with E-state index in [1.54, 1.807) is 11.8 Å². The highest BCUT2D eigenvalue weighted by molar-refractivity contribution is 8.00. The highest BCUT2D eigenvalue weighted by Crippen LogP contribution is 2.34. The smallest absolute Gasteiger partial charge is 0.150 e. The van der Waals surface area contributed by atoms with Gasteiger partial charge in [-0.2, -0.15) is 0 Å². The molecule has 104 valence electrons. The normalized spacial score (nSPS) is 23.5. The van der Waals surface area contributed by atoms with E-state index in [4.69, 9.17) is 4.74 Å². The first kappa shape index (κ1) is 14.6. The van der Waals surface area contributed by atoms with Crippen LogP contribution in [0, 0.1) is 0 Å². The molecular weight excluding hydrogens is 256 g/mol. The van der Waals surface area contributed by atoms with Gasteiger partial charge in [0.2, 0.25) is 0 Å². The number of ketones is 1. The molecule has 1 aliphatic rings. The second-order valence-corrected chi connectivity index (χ2v) is 6.32. The summed E-state index contributed by atoms with van der Waals surface area (Å²) >= 11 is 1.75. The van der Waals surface area contributed by atoms with Crippen molar-refractivity contribution in [2.75, 3.05) is 19.0 Å². The van der Waals surface area contributed by atoms with Crippen LogP contribution in [0.2, 0.25) is 0 Å². The standard InChI is InChI=1S/C16H22O2S/c1-2-3-9-18-11-14-10-15(16(17)12-19-14)13-7-5-4-6-8-13/h4-8,14-15H,2-3,9-12H2,1H3/t14-,15+/m0/s1. The lowest BCUT2D eigenvalue weighted by Gasteiger charge is -2.27. The Bertz CT molecular complexity index is 391. The van der Waals surface area contributed by atoms with Crippen molar-refractivity contribution in [1.82, 2.24) is 0 Å². The van der Waals surface area contributed by atoms with Crippen LogP contribution in [-0.4, -0.2) is 30.0 Å². The minimum atomic E-state index is 0.0715. The summed E-state index contributed by atoms with van der Waals surface area (Å²) in [5, 5.41) is 0.458. The molecule has 1 heterocycles. The van der Waals surface area contributed by atoms with Crippen molar-refractivity contribution in [3.05, 3.63) is 35.9 Å². The van der Waals surface area contributed by atoms with Crippen LogP contribution in [0.15, 0.2) is 30.3 Å². The van der Waals surface area contributed by atoms with E-state index in [0.717, 1.165) is 31.6 Å². The molecule has 0 aromatic heterocycles. The molecule has 0 radical (unpaired) electrons. The summed E-state index contributed by atoms with van der Waals surface area (Å²) in [4.78, 5) is 12.1. The van der Waals surface area contributed by atoms with Gasteiger partial charge in [-0.3, -0.25) is 4.79 Å². The molecule has 1 aromatic carbocycles. The maximum atomic E-state index is 12.1. The average molecular weight is 278 g/mol. The molecule has 0 spiro atoms. The number of carbonyl (C=O) groups excluding carboxylic acids is 1. The first-order valence-corrected chi connectivity index (χ1v) is 8.13. The van der Waals surface area contributed by atoms with Crippen LogP contribution in [0.4, 0.5) is 0 Å². The third-order valence-electron chi connectivity index (χ3n) is 3.50. The van der Waals surface area contributed by atoms with Gasteiger partial charge in [-0.15, -0.1) is 11.8 Å². The summed E-state index contributed by atoms with van der Waals surface area (Å²) in [7, 11) is 0. The van der Waals surface area contributed by atoms with Crippen LogP contribution < -0.4 is 0 Å². The van der Waals surface area contributed by atoms with Crippen LogP contribution in [0.5, 0.6) is 0 Å². The van der Waals surface area contributed by atoms with Gasteiger partial charge in [0.05, 0.1) is 12.4 Å². The van der Waals surface area contributed by atoms with Gasteiger partial charge in [-0.1, -0.05) is 43.7 Å². The van der Waals surface area contributed by atoms with Crippen LogP contribution >= 0.6 is 11.8 Å². The Kier molecular flexibility index (Phi) is 5.93. The van der Waals surface area contributed by atoms with Gasteiger partial charge < -0.3 is 4.74 Å². The number of benzene rings is 1. The molecule has 1 saturated heterocycles. The number of hydrogen-bond acceptors (Lipinski definition) is 3. The van der Waals surface area contributed by atoms with E-state index in [9.17, 15) is 4.79 Å². The van der Waals surface area contributed by atoms with Gasteiger partial charge in [0.15, 0.2) is 0 Å². The van der Waals surface area contributed by atoms with Gasteiger partial charge in [-0.05, 0) is 18.4 Å². The topological polar surface area (TPSA) is 26.3 Å². The number of hydrogen-bond donors (Lipinski definition) is 0. The second-order valence-electron chi connectivity index (χ2n) is 5.03. The number of thioether (sulfide) groups is 1. The Labute approximate surface area is 119 Å². The Hall–Kier alpha value is -0.800. The summed E-state index contributed by atoms with van der Waals surface area (Å²) in [6.07, 6.45) is 3.21.